The summed E-state index contributed by atoms with van der Waals surface area (Å²) in [6, 6.07) is 8.32. The lowest BCUT2D eigenvalue weighted by atomic mass is 10.2. The van der Waals surface area contributed by atoms with Crippen molar-refractivity contribution in [1.29, 1.82) is 0 Å². The van der Waals surface area contributed by atoms with Gasteiger partial charge >= 0.3 is 0 Å². The lowest BCUT2D eigenvalue weighted by Gasteiger charge is -2.12. The Morgan fingerprint density at radius 3 is 3.14 bits per heavy atom. The number of carbonyl (C=O) groups excluding carboxylic acids is 1. The van der Waals surface area contributed by atoms with E-state index < -0.39 is 0 Å². The summed E-state index contributed by atoms with van der Waals surface area (Å²) in [6.07, 6.45) is 5.51. The number of hydrogen-bond donors (Lipinski definition) is 1. The van der Waals surface area contributed by atoms with Gasteiger partial charge in [0.1, 0.15) is 12.4 Å². The molecule has 4 rings (SSSR count). The summed E-state index contributed by atoms with van der Waals surface area (Å²) in [7, 11) is 0. The number of benzene rings is 1. The summed E-state index contributed by atoms with van der Waals surface area (Å²) < 4.78 is 20.8. The van der Waals surface area contributed by atoms with Gasteiger partial charge in [-0.05, 0) is 36.6 Å². The van der Waals surface area contributed by atoms with Gasteiger partial charge in [0.15, 0.2) is 5.16 Å². The number of hydrogen-bond acceptors (Lipinski definition) is 5. The number of thioether (sulfide) groups is 1. The molecule has 1 unspecified atom stereocenters. The number of ether oxygens (including phenoxy) is 1. The first-order chi connectivity index (χ1) is 13.7. The molecule has 1 saturated heterocycles. The molecule has 1 fully saturated rings. The van der Waals surface area contributed by atoms with Crippen molar-refractivity contribution >= 4 is 28.7 Å². The Bertz CT molecular complexity index is 972. The first kappa shape index (κ1) is 18.9. The average molecular weight is 400 g/mol. The third kappa shape index (κ3) is 4.51. The van der Waals surface area contributed by atoms with Gasteiger partial charge in [0, 0.05) is 25.1 Å². The molecule has 1 N–H and O–H groups in total. The zero-order chi connectivity index (χ0) is 19.3. The van der Waals surface area contributed by atoms with Crippen LogP contribution in [0.4, 0.5) is 4.39 Å². The van der Waals surface area contributed by atoms with E-state index in [2.05, 4.69) is 15.3 Å². The van der Waals surface area contributed by atoms with Crippen molar-refractivity contribution in [3.63, 3.8) is 0 Å². The molecule has 1 aliphatic heterocycles. The molecule has 0 bridgehead atoms. The standard InChI is InChI=1S/C20H21FN4O2S/c21-15-4-1-3-14(9-15)13-28-20-24-17-6-7-22-11-18(17)25(20)12-19(26)23-10-16-5-2-8-27-16/h1,3-4,6-7,9,11,16H,2,5,8,10,12-13H2,(H,23,26). The number of pyridine rings is 1. The van der Waals surface area contributed by atoms with Gasteiger partial charge in [-0.25, -0.2) is 9.37 Å². The van der Waals surface area contributed by atoms with Gasteiger partial charge < -0.3 is 14.6 Å². The lowest BCUT2D eigenvalue weighted by molar-refractivity contribution is -0.122. The van der Waals surface area contributed by atoms with E-state index in [1.54, 1.807) is 18.5 Å². The highest BCUT2D eigenvalue weighted by atomic mass is 32.2. The second-order valence-electron chi connectivity index (χ2n) is 6.70. The molecule has 1 aliphatic rings. The molecule has 0 radical (unpaired) electrons. The van der Waals surface area contributed by atoms with Gasteiger partial charge in [-0.2, -0.15) is 0 Å². The summed E-state index contributed by atoms with van der Waals surface area (Å²) in [5, 5.41) is 3.65. The highest BCUT2D eigenvalue weighted by molar-refractivity contribution is 7.98. The molecule has 28 heavy (non-hydrogen) atoms. The number of imidazole rings is 1. The molecule has 2 aromatic heterocycles. The van der Waals surface area contributed by atoms with Crippen molar-refractivity contribution in [2.24, 2.45) is 0 Å². The molecule has 146 valence electrons. The Hall–Kier alpha value is -2.45. The van der Waals surface area contributed by atoms with E-state index in [0.717, 1.165) is 36.0 Å². The van der Waals surface area contributed by atoms with E-state index in [4.69, 9.17) is 4.74 Å². The predicted molar refractivity (Wildman–Crippen MR) is 105 cm³/mol. The summed E-state index contributed by atoms with van der Waals surface area (Å²) in [5.74, 6) is 0.210. The highest BCUT2D eigenvalue weighted by Gasteiger charge is 2.18. The summed E-state index contributed by atoms with van der Waals surface area (Å²) >= 11 is 1.47. The van der Waals surface area contributed by atoms with Crippen LogP contribution in [0.3, 0.4) is 0 Å². The molecule has 1 amide bonds. The highest BCUT2D eigenvalue weighted by Crippen LogP contribution is 2.26. The average Bonchev–Trinajstić information content (AvgIpc) is 3.33. The SMILES string of the molecule is O=C(Cn1c(SCc2cccc(F)c2)nc2ccncc21)NCC1CCCO1. The van der Waals surface area contributed by atoms with Crippen LogP contribution in [0, 0.1) is 5.82 Å². The van der Waals surface area contributed by atoms with Gasteiger partial charge in [0.2, 0.25) is 5.91 Å². The molecule has 1 atom stereocenters. The summed E-state index contributed by atoms with van der Waals surface area (Å²) in [4.78, 5) is 21.3. The molecule has 0 aliphatic carbocycles. The van der Waals surface area contributed by atoms with E-state index in [1.807, 2.05) is 16.7 Å². The Balaban J connectivity index is 1.48. The van der Waals surface area contributed by atoms with Crippen molar-refractivity contribution in [1.82, 2.24) is 19.9 Å². The molecule has 0 saturated carbocycles. The van der Waals surface area contributed by atoms with Crippen molar-refractivity contribution in [2.75, 3.05) is 13.2 Å². The third-order valence-electron chi connectivity index (χ3n) is 4.63. The maximum absolute atomic E-state index is 13.4. The minimum absolute atomic E-state index is 0.0914. The largest absolute Gasteiger partial charge is 0.376 e. The van der Waals surface area contributed by atoms with Crippen LogP contribution in [-0.4, -0.2) is 39.7 Å². The minimum atomic E-state index is -0.260. The zero-order valence-electron chi connectivity index (χ0n) is 15.3. The maximum Gasteiger partial charge on any atom is 0.240 e. The lowest BCUT2D eigenvalue weighted by Crippen LogP contribution is -2.34. The zero-order valence-corrected chi connectivity index (χ0v) is 16.1. The fourth-order valence-electron chi connectivity index (χ4n) is 3.22. The first-order valence-electron chi connectivity index (χ1n) is 9.25. The van der Waals surface area contributed by atoms with Crippen LogP contribution in [0.2, 0.25) is 0 Å². The number of aromatic nitrogens is 3. The number of nitrogens with zero attached hydrogens (tertiary/aromatic N) is 3. The second-order valence-corrected chi connectivity index (χ2v) is 7.65. The van der Waals surface area contributed by atoms with Crippen LogP contribution in [0.1, 0.15) is 18.4 Å². The third-order valence-corrected chi connectivity index (χ3v) is 5.67. The van der Waals surface area contributed by atoms with E-state index in [0.29, 0.717) is 17.5 Å². The summed E-state index contributed by atoms with van der Waals surface area (Å²) in [6.45, 7) is 1.44. The van der Waals surface area contributed by atoms with Crippen LogP contribution in [-0.2, 0) is 21.8 Å². The van der Waals surface area contributed by atoms with Crippen LogP contribution in [0.15, 0.2) is 47.9 Å². The number of carbonyl (C=O) groups is 1. The second kappa shape index (κ2) is 8.70. The first-order valence-corrected chi connectivity index (χ1v) is 10.2. The maximum atomic E-state index is 13.4. The number of fused-ring (bicyclic) bond motifs is 1. The van der Waals surface area contributed by atoms with Crippen molar-refractivity contribution in [3.8, 4) is 0 Å². The summed E-state index contributed by atoms with van der Waals surface area (Å²) in [5.41, 5.74) is 2.45. The van der Waals surface area contributed by atoms with Crippen molar-refractivity contribution in [3.05, 3.63) is 54.1 Å². The number of rotatable bonds is 7. The Labute approximate surface area is 166 Å². The molecule has 0 spiro atoms. The quantitative estimate of drug-likeness (QED) is 0.617. The van der Waals surface area contributed by atoms with Gasteiger partial charge in [0.25, 0.3) is 0 Å². The molecule has 6 nitrogen and oxygen atoms in total. The van der Waals surface area contributed by atoms with E-state index in [-0.39, 0.29) is 24.4 Å². The molecule has 3 aromatic rings. The van der Waals surface area contributed by atoms with E-state index in [9.17, 15) is 9.18 Å². The van der Waals surface area contributed by atoms with Crippen molar-refractivity contribution < 1.29 is 13.9 Å². The van der Waals surface area contributed by atoms with Crippen LogP contribution in [0.25, 0.3) is 11.0 Å². The molecule has 8 heteroatoms. The molecule has 3 heterocycles. The molecular formula is C20H21FN4O2S. The number of amides is 1. The van der Waals surface area contributed by atoms with E-state index in [1.165, 1.54) is 23.9 Å². The Kier molecular flexibility index (Phi) is 5.87. The fraction of sp³-hybridized carbons (Fsp3) is 0.350. The Morgan fingerprint density at radius 1 is 1.39 bits per heavy atom. The predicted octanol–water partition coefficient (Wildman–Crippen LogP) is 3.16. The number of halogens is 1. The van der Waals surface area contributed by atoms with Gasteiger partial charge in [0.05, 0.1) is 23.3 Å². The van der Waals surface area contributed by atoms with Crippen LogP contribution in [0.5, 0.6) is 0 Å². The van der Waals surface area contributed by atoms with Crippen LogP contribution >= 0.6 is 11.8 Å². The van der Waals surface area contributed by atoms with E-state index >= 15 is 0 Å². The topological polar surface area (TPSA) is 69.0 Å². The minimum Gasteiger partial charge on any atom is -0.376 e. The van der Waals surface area contributed by atoms with Gasteiger partial charge in [-0.3, -0.25) is 9.78 Å². The molecular weight excluding hydrogens is 379 g/mol. The normalized spacial score (nSPS) is 16.5. The molecule has 1 aromatic carbocycles. The fourth-order valence-corrected chi connectivity index (χ4v) is 4.17. The van der Waals surface area contributed by atoms with Gasteiger partial charge in [-0.15, -0.1) is 0 Å². The smallest absolute Gasteiger partial charge is 0.240 e. The van der Waals surface area contributed by atoms with Crippen molar-refractivity contribution in [2.45, 2.75) is 36.4 Å². The van der Waals surface area contributed by atoms with Gasteiger partial charge in [-0.1, -0.05) is 23.9 Å². The number of nitrogens with one attached hydrogen (secondary N) is 1. The monoisotopic (exact) mass is 400 g/mol. The van der Waals surface area contributed by atoms with Crippen LogP contribution < -0.4 is 5.32 Å². The Morgan fingerprint density at radius 2 is 2.32 bits per heavy atom.